The van der Waals surface area contributed by atoms with Gasteiger partial charge < -0.3 is 10.0 Å². The SMILES string of the molecule is Cc1ccc(SCCC(=O)N(C)C(C)C(=O)O)cc1C. The van der Waals surface area contributed by atoms with Crippen molar-refractivity contribution in [3.05, 3.63) is 29.3 Å². The zero-order valence-corrected chi connectivity index (χ0v) is 13.2. The minimum Gasteiger partial charge on any atom is -0.480 e. The molecule has 0 bridgehead atoms. The van der Waals surface area contributed by atoms with Crippen LogP contribution < -0.4 is 0 Å². The molecule has 1 N–H and O–H groups in total. The smallest absolute Gasteiger partial charge is 0.326 e. The summed E-state index contributed by atoms with van der Waals surface area (Å²) in [5.74, 6) is -0.475. The zero-order valence-electron chi connectivity index (χ0n) is 12.3. The first kappa shape index (κ1) is 16.6. The van der Waals surface area contributed by atoms with Crippen LogP contribution >= 0.6 is 11.8 Å². The molecule has 1 rings (SSSR count). The third kappa shape index (κ3) is 4.56. The molecular formula is C15H21NO3S. The Hall–Kier alpha value is -1.49. The number of aliphatic carboxylic acids is 1. The molecule has 0 radical (unpaired) electrons. The second-order valence-electron chi connectivity index (χ2n) is 4.86. The van der Waals surface area contributed by atoms with Gasteiger partial charge in [-0.25, -0.2) is 4.79 Å². The molecule has 0 saturated heterocycles. The molecule has 110 valence electrons. The van der Waals surface area contributed by atoms with E-state index in [-0.39, 0.29) is 5.91 Å². The maximum Gasteiger partial charge on any atom is 0.326 e. The Balaban J connectivity index is 2.45. The fourth-order valence-electron chi connectivity index (χ4n) is 1.62. The lowest BCUT2D eigenvalue weighted by Crippen LogP contribution is -2.40. The van der Waals surface area contributed by atoms with E-state index in [1.54, 1.807) is 11.8 Å². The first-order valence-corrected chi connectivity index (χ1v) is 7.50. The molecule has 1 aromatic carbocycles. The average molecular weight is 295 g/mol. The van der Waals surface area contributed by atoms with Crippen molar-refractivity contribution in [2.24, 2.45) is 0 Å². The second-order valence-corrected chi connectivity index (χ2v) is 6.03. The van der Waals surface area contributed by atoms with Gasteiger partial charge in [0.25, 0.3) is 0 Å². The molecule has 0 aliphatic heterocycles. The Morgan fingerprint density at radius 1 is 1.30 bits per heavy atom. The van der Waals surface area contributed by atoms with Crippen LogP contribution in [0.25, 0.3) is 0 Å². The van der Waals surface area contributed by atoms with Gasteiger partial charge in [0.1, 0.15) is 6.04 Å². The molecule has 5 heteroatoms. The lowest BCUT2D eigenvalue weighted by Gasteiger charge is -2.21. The number of thioether (sulfide) groups is 1. The Morgan fingerprint density at radius 3 is 2.50 bits per heavy atom. The molecule has 1 unspecified atom stereocenters. The van der Waals surface area contributed by atoms with Gasteiger partial charge in [0.2, 0.25) is 5.91 Å². The summed E-state index contributed by atoms with van der Waals surface area (Å²) < 4.78 is 0. The fourth-order valence-corrected chi connectivity index (χ4v) is 2.55. The molecule has 0 saturated carbocycles. The van der Waals surface area contributed by atoms with E-state index < -0.39 is 12.0 Å². The number of carboxylic acids is 1. The van der Waals surface area contributed by atoms with Crippen molar-refractivity contribution in [3.63, 3.8) is 0 Å². The van der Waals surface area contributed by atoms with Crippen LogP contribution in [0, 0.1) is 13.8 Å². The summed E-state index contributed by atoms with van der Waals surface area (Å²) in [6.07, 6.45) is 0.339. The van der Waals surface area contributed by atoms with Crippen LogP contribution in [0.4, 0.5) is 0 Å². The number of amides is 1. The Bertz CT molecular complexity index is 502. The number of nitrogens with zero attached hydrogens (tertiary/aromatic N) is 1. The molecule has 0 spiro atoms. The predicted octanol–water partition coefficient (Wildman–Crippen LogP) is 2.72. The van der Waals surface area contributed by atoms with Crippen molar-refractivity contribution < 1.29 is 14.7 Å². The van der Waals surface area contributed by atoms with E-state index in [1.165, 1.54) is 30.0 Å². The molecular weight excluding hydrogens is 274 g/mol. The van der Waals surface area contributed by atoms with Crippen molar-refractivity contribution in [3.8, 4) is 0 Å². The monoisotopic (exact) mass is 295 g/mol. The summed E-state index contributed by atoms with van der Waals surface area (Å²) in [5, 5.41) is 8.86. The number of hydrogen-bond acceptors (Lipinski definition) is 3. The Morgan fingerprint density at radius 2 is 1.95 bits per heavy atom. The third-order valence-electron chi connectivity index (χ3n) is 3.39. The normalized spacial score (nSPS) is 12.0. The summed E-state index contributed by atoms with van der Waals surface area (Å²) in [5.41, 5.74) is 2.48. The van der Waals surface area contributed by atoms with Crippen LogP contribution in [0.15, 0.2) is 23.1 Å². The quantitative estimate of drug-likeness (QED) is 0.820. The van der Waals surface area contributed by atoms with Crippen molar-refractivity contribution in [1.29, 1.82) is 0 Å². The minimum atomic E-state index is -0.984. The topological polar surface area (TPSA) is 57.6 Å². The minimum absolute atomic E-state index is 0.142. The van der Waals surface area contributed by atoms with Crippen LogP contribution in [0.1, 0.15) is 24.5 Å². The van der Waals surface area contributed by atoms with E-state index in [0.29, 0.717) is 12.2 Å². The molecule has 20 heavy (non-hydrogen) atoms. The van der Waals surface area contributed by atoms with E-state index in [1.807, 2.05) is 6.07 Å². The van der Waals surface area contributed by atoms with Crippen molar-refractivity contribution >= 4 is 23.6 Å². The molecule has 0 aromatic heterocycles. The van der Waals surface area contributed by atoms with Crippen LogP contribution in [0.3, 0.4) is 0 Å². The van der Waals surface area contributed by atoms with Crippen LogP contribution in [-0.4, -0.2) is 40.7 Å². The van der Waals surface area contributed by atoms with Gasteiger partial charge in [-0.05, 0) is 44.0 Å². The van der Waals surface area contributed by atoms with Crippen LogP contribution in [-0.2, 0) is 9.59 Å². The Kier molecular flexibility index (Phi) is 6.07. The molecule has 0 aliphatic carbocycles. The number of likely N-dealkylation sites (N-methyl/N-ethyl adjacent to an activating group) is 1. The summed E-state index contributed by atoms with van der Waals surface area (Å²) in [7, 11) is 1.53. The highest BCUT2D eigenvalue weighted by atomic mass is 32.2. The standard InChI is InChI=1S/C15H21NO3S/c1-10-5-6-13(9-11(10)2)20-8-7-14(17)16(4)12(3)15(18)19/h5-6,9,12H,7-8H2,1-4H3,(H,18,19). The number of benzene rings is 1. The number of hydrogen-bond donors (Lipinski definition) is 1. The second kappa shape index (κ2) is 7.33. The number of carbonyl (C=O) groups is 2. The van der Waals surface area contributed by atoms with Gasteiger partial charge in [0.15, 0.2) is 0 Å². The lowest BCUT2D eigenvalue weighted by molar-refractivity contribution is -0.148. The van der Waals surface area contributed by atoms with Crippen LogP contribution in [0.5, 0.6) is 0 Å². The lowest BCUT2D eigenvalue weighted by atomic mass is 10.1. The van der Waals surface area contributed by atoms with Gasteiger partial charge in [-0.1, -0.05) is 6.07 Å². The maximum absolute atomic E-state index is 11.8. The number of carbonyl (C=O) groups excluding carboxylic acids is 1. The van der Waals surface area contributed by atoms with Gasteiger partial charge in [-0.3, -0.25) is 4.79 Å². The van der Waals surface area contributed by atoms with Crippen molar-refractivity contribution in [2.75, 3.05) is 12.8 Å². The molecule has 1 atom stereocenters. The summed E-state index contributed by atoms with van der Waals surface area (Å²) in [4.78, 5) is 25.1. The zero-order chi connectivity index (χ0) is 15.3. The van der Waals surface area contributed by atoms with Gasteiger partial charge in [0, 0.05) is 24.1 Å². The average Bonchev–Trinajstić information content (AvgIpc) is 2.40. The molecule has 0 fully saturated rings. The molecule has 1 amide bonds. The van der Waals surface area contributed by atoms with E-state index in [0.717, 1.165) is 4.90 Å². The molecule has 4 nitrogen and oxygen atoms in total. The van der Waals surface area contributed by atoms with Gasteiger partial charge in [-0.2, -0.15) is 0 Å². The molecule has 0 heterocycles. The maximum atomic E-state index is 11.8. The van der Waals surface area contributed by atoms with Gasteiger partial charge in [-0.15, -0.1) is 11.8 Å². The van der Waals surface area contributed by atoms with Gasteiger partial charge in [0.05, 0.1) is 0 Å². The number of carboxylic acid groups (broad SMARTS) is 1. The fraction of sp³-hybridized carbons (Fsp3) is 0.467. The first-order valence-electron chi connectivity index (χ1n) is 6.51. The van der Waals surface area contributed by atoms with E-state index in [2.05, 4.69) is 26.0 Å². The number of aryl methyl sites for hydroxylation is 2. The largest absolute Gasteiger partial charge is 0.480 e. The highest BCUT2D eigenvalue weighted by Crippen LogP contribution is 2.22. The third-order valence-corrected chi connectivity index (χ3v) is 4.39. The van der Waals surface area contributed by atoms with E-state index >= 15 is 0 Å². The summed E-state index contributed by atoms with van der Waals surface area (Å²) in [6.45, 7) is 5.64. The van der Waals surface area contributed by atoms with E-state index in [4.69, 9.17) is 5.11 Å². The van der Waals surface area contributed by atoms with Crippen molar-refractivity contribution in [2.45, 2.75) is 38.1 Å². The highest BCUT2D eigenvalue weighted by Gasteiger charge is 2.21. The summed E-state index contributed by atoms with van der Waals surface area (Å²) in [6, 6.07) is 5.43. The van der Waals surface area contributed by atoms with Crippen molar-refractivity contribution in [1.82, 2.24) is 4.90 Å². The number of rotatable bonds is 6. The molecule has 0 aliphatic rings. The van der Waals surface area contributed by atoms with Gasteiger partial charge >= 0.3 is 5.97 Å². The van der Waals surface area contributed by atoms with E-state index in [9.17, 15) is 9.59 Å². The van der Waals surface area contributed by atoms with Crippen LogP contribution in [0.2, 0.25) is 0 Å². The highest BCUT2D eigenvalue weighted by molar-refractivity contribution is 7.99. The first-order chi connectivity index (χ1) is 9.32. The molecule has 1 aromatic rings. The summed E-state index contributed by atoms with van der Waals surface area (Å²) >= 11 is 1.61. The predicted molar refractivity (Wildman–Crippen MR) is 81.1 cm³/mol. The Labute approximate surface area is 124 Å².